The van der Waals surface area contributed by atoms with Crippen molar-refractivity contribution in [1.82, 2.24) is 10.2 Å². The van der Waals surface area contributed by atoms with Crippen molar-refractivity contribution < 1.29 is 8.42 Å². The van der Waals surface area contributed by atoms with Gasteiger partial charge in [-0.15, -0.1) is 5.10 Å². The van der Waals surface area contributed by atoms with E-state index in [1.54, 1.807) is 6.07 Å². The van der Waals surface area contributed by atoms with Crippen LogP contribution in [0.1, 0.15) is 54.5 Å². The van der Waals surface area contributed by atoms with Crippen LogP contribution < -0.4 is 5.32 Å². The maximum atomic E-state index is 12.7. The smallest absolute Gasteiger partial charge is 0.171 e. The van der Waals surface area contributed by atoms with Gasteiger partial charge in [0.25, 0.3) is 0 Å². The van der Waals surface area contributed by atoms with Crippen LogP contribution >= 0.6 is 0 Å². The minimum Gasteiger partial charge on any atom is -0.338 e. The number of aromatic nitrogens is 2. The van der Waals surface area contributed by atoms with Crippen molar-refractivity contribution in [3.05, 3.63) is 46.6 Å². The molecule has 1 saturated carbocycles. The Hall–Kier alpha value is -2.46. The van der Waals surface area contributed by atoms with Crippen molar-refractivity contribution in [1.29, 1.82) is 5.26 Å². The summed E-state index contributed by atoms with van der Waals surface area (Å²) in [6.45, 7) is 3.64. The Balaban J connectivity index is 1.81. The van der Waals surface area contributed by atoms with E-state index < -0.39 is 9.84 Å². The third-order valence-electron chi connectivity index (χ3n) is 5.18. The second-order valence-corrected chi connectivity index (χ2v) is 9.42. The highest BCUT2D eigenvalue weighted by Gasteiger charge is 2.27. The molecule has 1 N–H and O–H groups in total. The number of nitriles is 1. The van der Waals surface area contributed by atoms with Crippen LogP contribution in [0.3, 0.4) is 0 Å². The first-order valence-electron chi connectivity index (χ1n) is 9.22. The number of rotatable bonds is 5. The predicted molar refractivity (Wildman–Crippen MR) is 105 cm³/mol. The number of sulfone groups is 1. The molecule has 6 nitrogen and oxygen atoms in total. The zero-order valence-corrected chi connectivity index (χ0v) is 16.5. The van der Waals surface area contributed by atoms with Crippen molar-refractivity contribution in [2.75, 3.05) is 5.32 Å². The predicted octanol–water partition coefficient (Wildman–Crippen LogP) is 3.96. The van der Waals surface area contributed by atoms with E-state index in [2.05, 4.69) is 21.6 Å². The van der Waals surface area contributed by atoms with Gasteiger partial charge in [0.05, 0.1) is 16.7 Å². The van der Waals surface area contributed by atoms with Crippen LogP contribution in [0, 0.1) is 25.2 Å². The molecule has 0 unspecified atom stereocenters. The molecular formula is C20H24N4O2S. The van der Waals surface area contributed by atoms with Gasteiger partial charge in [-0.05, 0) is 49.9 Å². The van der Waals surface area contributed by atoms with Crippen LogP contribution in [0.15, 0.2) is 24.3 Å². The molecule has 0 radical (unpaired) electrons. The molecule has 2 aromatic rings. The van der Waals surface area contributed by atoms with Gasteiger partial charge in [-0.3, -0.25) is 0 Å². The molecule has 0 atom stereocenters. The quantitative estimate of drug-likeness (QED) is 0.838. The molecular weight excluding hydrogens is 360 g/mol. The average molecular weight is 385 g/mol. The van der Waals surface area contributed by atoms with E-state index in [4.69, 9.17) is 0 Å². The van der Waals surface area contributed by atoms with Crippen molar-refractivity contribution in [2.24, 2.45) is 0 Å². The zero-order chi connectivity index (χ0) is 19.4. The largest absolute Gasteiger partial charge is 0.338 e. The van der Waals surface area contributed by atoms with E-state index in [-0.39, 0.29) is 11.0 Å². The second-order valence-electron chi connectivity index (χ2n) is 7.14. The van der Waals surface area contributed by atoms with E-state index in [0.29, 0.717) is 22.8 Å². The number of hydrogen-bond acceptors (Lipinski definition) is 6. The lowest BCUT2D eigenvalue weighted by Gasteiger charge is -2.21. The van der Waals surface area contributed by atoms with E-state index in [0.717, 1.165) is 43.2 Å². The fraction of sp³-hybridized carbons (Fsp3) is 0.450. The molecule has 0 spiro atoms. The molecule has 0 bridgehead atoms. The summed E-state index contributed by atoms with van der Waals surface area (Å²) < 4.78 is 25.4. The lowest BCUT2D eigenvalue weighted by atomic mass is 10.0. The van der Waals surface area contributed by atoms with Gasteiger partial charge in [0.1, 0.15) is 11.6 Å². The summed E-state index contributed by atoms with van der Waals surface area (Å²) in [7, 11) is -3.16. The highest BCUT2D eigenvalue weighted by Crippen LogP contribution is 2.27. The van der Waals surface area contributed by atoms with Gasteiger partial charge in [0, 0.05) is 5.69 Å². The highest BCUT2D eigenvalue weighted by molar-refractivity contribution is 7.91. The van der Waals surface area contributed by atoms with Gasteiger partial charge in [-0.25, -0.2) is 8.42 Å². The van der Waals surface area contributed by atoms with Gasteiger partial charge in [0.2, 0.25) is 0 Å². The third kappa shape index (κ3) is 4.45. The lowest BCUT2D eigenvalue weighted by Crippen LogP contribution is -2.25. The second kappa shape index (κ2) is 8.05. The number of benzene rings is 1. The van der Waals surface area contributed by atoms with E-state index in [1.165, 1.54) is 0 Å². The minimum absolute atomic E-state index is 0.0386. The van der Waals surface area contributed by atoms with E-state index in [1.807, 2.05) is 32.0 Å². The standard InChI is InChI=1S/C20H24N4O2S/c1-14-15(2)23-24-20(19(14)12-21)22-17-8-6-7-16(11-17)13-27(25,26)18-9-4-3-5-10-18/h6-8,11,18H,3-5,9-10,13H2,1-2H3,(H,22,24). The number of hydrogen-bond donors (Lipinski definition) is 1. The van der Waals surface area contributed by atoms with Crippen LogP contribution in [0.25, 0.3) is 0 Å². The summed E-state index contributed by atoms with van der Waals surface area (Å²) >= 11 is 0. The summed E-state index contributed by atoms with van der Waals surface area (Å²) in [6, 6.07) is 9.43. The molecule has 0 amide bonds. The van der Waals surface area contributed by atoms with E-state index in [9.17, 15) is 13.7 Å². The topological polar surface area (TPSA) is 95.7 Å². The molecule has 1 fully saturated rings. The van der Waals surface area contributed by atoms with Gasteiger partial charge < -0.3 is 5.32 Å². The summed E-state index contributed by atoms with van der Waals surface area (Å²) in [5, 5.41) is 20.4. The Labute approximate surface area is 160 Å². The van der Waals surface area contributed by atoms with E-state index >= 15 is 0 Å². The van der Waals surface area contributed by atoms with Crippen LogP contribution in [-0.4, -0.2) is 23.9 Å². The SMILES string of the molecule is Cc1nnc(Nc2cccc(CS(=O)(=O)C3CCCCC3)c2)c(C#N)c1C. The monoisotopic (exact) mass is 384 g/mol. The van der Waals surface area contributed by atoms with Gasteiger partial charge in [-0.1, -0.05) is 31.4 Å². The molecule has 142 valence electrons. The fourth-order valence-electron chi connectivity index (χ4n) is 3.48. The normalized spacial score (nSPS) is 15.3. The Bertz CT molecular complexity index is 974. The molecule has 0 saturated heterocycles. The highest BCUT2D eigenvalue weighted by atomic mass is 32.2. The Morgan fingerprint density at radius 3 is 2.63 bits per heavy atom. The zero-order valence-electron chi connectivity index (χ0n) is 15.7. The van der Waals surface area contributed by atoms with Crippen molar-refractivity contribution in [3.63, 3.8) is 0 Å². The molecule has 7 heteroatoms. The number of nitrogens with zero attached hydrogens (tertiary/aromatic N) is 3. The van der Waals surface area contributed by atoms with Crippen molar-refractivity contribution in [2.45, 2.75) is 57.0 Å². The first-order chi connectivity index (χ1) is 12.9. The average Bonchev–Trinajstić information content (AvgIpc) is 2.66. The molecule has 0 aliphatic heterocycles. The van der Waals surface area contributed by atoms with Crippen molar-refractivity contribution >= 4 is 21.3 Å². The van der Waals surface area contributed by atoms with Crippen LogP contribution in [0.4, 0.5) is 11.5 Å². The van der Waals surface area contributed by atoms with Crippen molar-refractivity contribution in [3.8, 4) is 6.07 Å². The Kier molecular flexibility index (Phi) is 5.76. The molecule has 3 rings (SSSR count). The Morgan fingerprint density at radius 1 is 1.19 bits per heavy atom. The molecule has 1 aliphatic carbocycles. The summed E-state index contributed by atoms with van der Waals surface area (Å²) in [6.07, 6.45) is 4.65. The van der Waals surface area contributed by atoms with Crippen LogP contribution in [0.2, 0.25) is 0 Å². The molecule has 27 heavy (non-hydrogen) atoms. The lowest BCUT2D eigenvalue weighted by molar-refractivity contribution is 0.483. The number of nitrogens with one attached hydrogen (secondary N) is 1. The summed E-state index contributed by atoms with van der Waals surface area (Å²) in [4.78, 5) is 0. The molecule has 1 aliphatic rings. The summed E-state index contributed by atoms with van der Waals surface area (Å²) in [5.74, 6) is 0.421. The minimum atomic E-state index is -3.16. The third-order valence-corrected chi connectivity index (χ3v) is 7.41. The molecule has 1 heterocycles. The maximum Gasteiger partial charge on any atom is 0.171 e. The molecule has 1 aromatic carbocycles. The van der Waals surface area contributed by atoms with Crippen LogP contribution in [-0.2, 0) is 15.6 Å². The number of aryl methyl sites for hydroxylation is 1. The first kappa shape index (κ1) is 19.3. The fourth-order valence-corrected chi connectivity index (χ4v) is 5.41. The maximum absolute atomic E-state index is 12.7. The Morgan fingerprint density at radius 2 is 1.93 bits per heavy atom. The first-order valence-corrected chi connectivity index (χ1v) is 10.9. The summed E-state index contributed by atoms with van der Waals surface area (Å²) in [5.41, 5.74) is 3.37. The van der Waals surface area contributed by atoms with Gasteiger partial charge >= 0.3 is 0 Å². The van der Waals surface area contributed by atoms with Gasteiger partial charge in [0.15, 0.2) is 15.7 Å². The van der Waals surface area contributed by atoms with Gasteiger partial charge in [-0.2, -0.15) is 10.4 Å². The van der Waals surface area contributed by atoms with Crippen LogP contribution in [0.5, 0.6) is 0 Å². The number of anilines is 2. The molecule has 1 aromatic heterocycles.